The van der Waals surface area contributed by atoms with Crippen molar-refractivity contribution < 1.29 is 9.90 Å². The Bertz CT molecular complexity index is 670. The van der Waals surface area contributed by atoms with E-state index in [2.05, 4.69) is 20.6 Å². The Balaban J connectivity index is 2.18. The molecular weight excluding hydrogens is 296 g/mol. The van der Waals surface area contributed by atoms with Crippen LogP contribution < -0.4 is 11.1 Å². The molecule has 0 saturated carbocycles. The van der Waals surface area contributed by atoms with Crippen molar-refractivity contribution in [1.29, 1.82) is 0 Å². The fourth-order valence-corrected chi connectivity index (χ4v) is 1.89. The number of amides is 1. The number of aryl methyl sites for hydroxylation is 1. The van der Waals surface area contributed by atoms with Crippen molar-refractivity contribution in [1.82, 2.24) is 20.0 Å². The molecule has 0 aliphatic heterocycles. The third-order valence-electron chi connectivity index (χ3n) is 2.96. The summed E-state index contributed by atoms with van der Waals surface area (Å²) in [5.74, 6) is -0.522. The van der Waals surface area contributed by atoms with Gasteiger partial charge in [0.05, 0.1) is 11.8 Å². The van der Waals surface area contributed by atoms with Crippen molar-refractivity contribution in [3.05, 3.63) is 34.7 Å². The van der Waals surface area contributed by atoms with Crippen LogP contribution in [-0.2, 0) is 12.6 Å². The van der Waals surface area contributed by atoms with Crippen LogP contribution in [0.25, 0.3) is 0 Å². The molecule has 1 unspecified atom stereocenters. The number of aromatic nitrogens is 4. The number of hydrogen-bond acceptors (Lipinski definition) is 6. The Kier molecular flexibility index (Phi) is 4.10. The Labute approximate surface area is 125 Å². The number of nitrogens with zero attached hydrogens (tertiary/aromatic N) is 4. The Morgan fingerprint density at radius 2 is 2.29 bits per heavy atom. The lowest BCUT2D eigenvalue weighted by molar-refractivity contribution is 0.0712. The maximum Gasteiger partial charge on any atom is 0.252 e. The summed E-state index contributed by atoms with van der Waals surface area (Å²) in [5.41, 5.74) is 4.79. The highest BCUT2D eigenvalue weighted by atomic mass is 35.5. The average molecular weight is 311 g/mol. The molecule has 1 atom stereocenters. The highest BCUT2D eigenvalue weighted by Gasteiger charge is 2.25. The van der Waals surface area contributed by atoms with Crippen molar-refractivity contribution in [3.63, 3.8) is 0 Å². The number of halogens is 1. The topological polar surface area (TPSA) is 119 Å². The second-order valence-electron chi connectivity index (χ2n) is 4.82. The molecule has 0 radical (unpaired) electrons. The molecule has 0 aliphatic rings. The highest BCUT2D eigenvalue weighted by molar-refractivity contribution is 6.29. The predicted molar refractivity (Wildman–Crippen MR) is 76.8 cm³/mol. The van der Waals surface area contributed by atoms with Crippen LogP contribution in [0.4, 0.5) is 5.82 Å². The zero-order valence-corrected chi connectivity index (χ0v) is 12.3. The molecule has 0 spiro atoms. The normalized spacial score (nSPS) is 13.7. The third kappa shape index (κ3) is 3.47. The minimum absolute atomic E-state index is 0.0633. The van der Waals surface area contributed by atoms with Gasteiger partial charge in [0, 0.05) is 25.4 Å². The number of nitrogens with two attached hydrogens (primary N) is 1. The number of nitrogens with one attached hydrogen (secondary N) is 1. The number of anilines is 1. The highest BCUT2D eigenvalue weighted by Crippen LogP contribution is 2.21. The van der Waals surface area contributed by atoms with Crippen molar-refractivity contribution in [2.75, 3.05) is 11.9 Å². The minimum atomic E-state index is -1.20. The van der Waals surface area contributed by atoms with Crippen LogP contribution in [0.5, 0.6) is 0 Å². The first kappa shape index (κ1) is 15.2. The summed E-state index contributed by atoms with van der Waals surface area (Å²) >= 11 is 5.68. The zero-order chi connectivity index (χ0) is 15.6. The van der Waals surface area contributed by atoms with Gasteiger partial charge in [0.2, 0.25) is 0 Å². The van der Waals surface area contributed by atoms with Gasteiger partial charge in [-0.25, -0.2) is 0 Å². The summed E-state index contributed by atoms with van der Waals surface area (Å²) in [5, 5.41) is 24.8. The average Bonchev–Trinajstić information content (AvgIpc) is 2.84. The number of hydrogen-bond donors (Lipinski definition) is 3. The first-order chi connectivity index (χ1) is 9.79. The molecular formula is C12H15ClN6O2. The van der Waals surface area contributed by atoms with Gasteiger partial charge in [-0.1, -0.05) is 11.6 Å². The van der Waals surface area contributed by atoms with Gasteiger partial charge in [-0.2, -0.15) is 5.10 Å². The fourth-order valence-electron chi connectivity index (χ4n) is 1.74. The second-order valence-corrected chi connectivity index (χ2v) is 5.21. The molecule has 0 fully saturated rings. The molecule has 0 aromatic carbocycles. The van der Waals surface area contributed by atoms with Crippen molar-refractivity contribution in [2.24, 2.45) is 12.8 Å². The lowest BCUT2D eigenvalue weighted by Crippen LogP contribution is -2.31. The fraction of sp³-hybridized carbons (Fsp3) is 0.333. The van der Waals surface area contributed by atoms with Crippen molar-refractivity contribution in [2.45, 2.75) is 12.5 Å². The minimum Gasteiger partial charge on any atom is -0.383 e. The van der Waals surface area contributed by atoms with Gasteiger partial charge in [-0.15, -0.1) is 10.2 Å². The molecule has 1 amide bonds. The summed E-state index contributed by atoms with van der Waals surface area (Å²) in [6.07, 6.45) is 3.26. The summed E-state index contributed by atoms with van der Waals surface area (Å²) in [6.45, 7) is 1.71. The quantitative estimate of drug-likeness (QED) is 0.730. The van der Waals surface area contributed by atoms with Crippen molar-refractivity contribution in [3.8, 4) is 0 Å². The number of rotatable bonds is 5. The van der Waals surface area contributed by atoms with E-state index in [1.807, 2.05) is 0 Å². The summed E-state index contributed by atoms with van der Waals surface area (Å²) in [4.78, 5) is 11.4. The largest absolute Gasteiger partial charge is 0.383 e. The standard InChI is InChI=1S/C12H15ClN6O2/c1-12(21,7-4-16-19(2)5-7)6-15-11-8(10(14)20)3-9(13)17-18-11/h3-5,21H,6H2,1-2H3,(H2,14,20)(H,15,18). The number of aliphatic hydroxyl groups is 1. The first-order valence-electron chi connectivity index (χ1n) is 6.08. The number of primary amides is 1. The molecule has 2 aromatic heterocycles. The molecule has 0 aliphatic carbocycles. The molecule has 2 aromatic rings. The monoisotopic (exact) mass is 310 g/mol. The van der Waals surface area contributed by atoms with E-state index in [1.165, 1.54) is 6.07 Å². The Morgan fingerprint density at radius 1 is 1.57 bits per heavy atom. The Hall–Kier alpha value is -2.19. The zero-order valence-electron chi connectivity index (χ0n) is 11.5. The molecule has 112 valence electrons. The molecule has 0 bridgehead atoms. The summed E-state index contributed by atoms with van der Waals surface area (Å²) in [6, 6.07) is 1.32. The van der Waals surface area contributed by atoms with Crippen LogP contribution in [0.3, 0.4) is 0 Å². The van der Waals surface area contributed by atoms with Gasteiger partial charge in [0.1, 0.15) is 5.60 Å². The van der Waals surface area contributed by atoms with E-state index in [0.29, 0.717) is 5.56 Å². The first-order valence-corrected chi connectivity index (χ1v) is 6.46. The van der Waals surface area contributed by atoms with Crippen LogP contribution in [0.2, 0.25) is 5.15 Å². The Morgan fingerprint density at radius 3 is 2.86 bits per heavy atom. The van der Waals surface area contributed by atoms with E-state index in [1.54, 1.807) is 31.0 Å². The molecule has 4 N–H and O–H groups in total. The van der Waals surface area contributed by atoms with E-state index in [9.17, 15) is 9.90 Å². The maximum absolute atomic E-state index is 11.4. The number of carbonyl (C=O) groups excluding carboxylic acids is 1. The molecule has 9 heteroatoms. The summed E-state index contributed by atoms with van der Waals surface area (Å²) in [7, 11) is 1.75. The van der Waals surface area contributed by atoms with Crippen LogP contribution >= 0.6 is 11.6 Å². The molecule has 21 heavy (non-hydrogen) atoms. The lowest BCUT2D eigenvalue weighted by Gasteiger charge is -2.22. The maximum atomic E-state index is 11.4. The summed E-state index contributed by atoms with van der Waals surface area (Å²) < 4.78 is 1.58. The van der Waals surface area contributed by atoms with E-state index >= 15 is 0 Å². The molecule has 0 saturated heterocycles. The second kappa shape index (κ2) is 5.66. The lowest BCUT2D eigenvalue weighted by atomic mass is 10.00. The van der Waals surface area contributed by atoms with Gasteiger partial charge >= 0.3 is 0 Å². The van der Waals surface area contributed by atoms with Crippen LogP contribution in [-0.4, -0.2) is 37.5 Å². The van der Waals surface area contributed by atoms with Gasteiger partial charge in [-0.05, 0) is 13.0 Å². The van der Waals surface area contributed by atoms with Crippen LogP contribution in [0.15, 0.2) is 18.5 Å². The van der Waals surface area contributed by atoms with E-state index in [4.69, 9.17) is 17.3 Å². The van der Waals surface area contributed by atoms with Gasteiger partial charge in [-0.3, -0.25) is 9.48 Å². The van der Waals surface area contributed by atoms with Crippen LogP contribution in [0, 0.1) is 0 Å². The predicted octanol–water partition coefficient (Wildman–Crippen LogP) is 0.282. The van der Waals surface area contributed by atoms with Crippen molar-refractivity contribution >= 4 is 23.3 Å². The van der Waals surface area contributed by atoms with Gasteiger partial charge < -0.3 is 16.2 Å². The van der Waals surface area contributed by atoms with E-state index < -0.39 is 11.5 Å². The van der Waals surface area contributed by atoms with Gasteiger partial charge in [0.15, 0.2) is 11.0 Å². The van der Waals surface area contributed by atoms with Crippen LogP contribution in [0.1, 0.15) is 22.8 Å². The SMILES string of the molecule is Cn1cc(C(C)(O)CNc2nnc(Cl)cc2C(N)=O)cn1. The van der Waals surface area contributed by atoms with E-state index in [-0.39, 0.29) is 23.1 Å². The molecule has 2 rings (SSSR count). The molecule has 2 heterocycles. The number of carbonyl (C=O) groups is 1. The van der Waals surface area contributed by atoms with E-state index in [0.717, 1.165) is 0 Å². The van der Waals surface area contributed by atoms with Gasteiger partial charge in [0.25, 0.3) is 5.91 Å². The third-order valence-corrected chi connectivity index (χ3v) is 3.14. The smallest absolute Gasteiger partial charge is 0.252 e. The molecule has 8 nitrogen and oxygen atoms in total.